The first-order valence-electron chi connectivity index (χ1n) is 13.6. The fraction of sp³-hybridized carbons (Fsp3) is 0.630. The van der Waals surface area contributed by atoms with Crippen molar-refractivity contribution in [3.63, 3.8) is 0 Å². The monoisotopic (exact) mass is 492 g/mol. The molecule has 0 atom stereocenters. The van der Waals surface area contributed by atoms with Crippen LogP contribution in [0.5, 0.6) is 0 Å². The number of rotatable bonds is 8. The van der Waals surface area contributed by atoms with Crippen LogP contribution in [-0.2, 0) is 5.54 Å². The van der Waals surface area contributed by atoms with Gasteiger partial charge in [0.1, 0.15) is 18.0 Å². The third kappa shape index (κ3) is 4.98. The van der Waals surface area contributed by atoms with Crippen LogP contribution in [0.1, 0.15) is 63.4 Å². The first-order valence-corrected chi connectivity index (χ1v) is 13.6. The van der Waals surface area contributed by atoms with E-state index in [-0.39, 0.29) is 11.4 Å². The summed E-state index contributed by atoms with van der Waals surface area (Å²) in [4.78, 5) is 31.5. The van der Waals surface area contributed by atoms with Gasteiger partial charge in [-0.3, -0.25) is 14.7 Å². The Labute approximate surface area is 214 Å². The normalized spacial score (nSPS) is 20.6. The summed E-state index contributed by atoms with van der Waals surface area (Å²) in [5, 5.41) is 7.27. The Morgan fingerprint density at radius 3 is 2.75 bits per heavy atom. The minimum absolute atomic E-state index is 0.0232. The van der Waals surface area contributed by atoms with Crippen LogP contribution in [0.4, 0.5) is 5.95 Å². The van der Waals surface area contributed by atoms with Gasteiger partial charge in [0.15, 0.2) is 0 Å². The molecule has 0 bridgehead atoms. The van der Waals surface area contributed by atoms with Crippen molar-refractivity contribution >= 4 is 29.1 Å². The van der Waals surface area contributed by atoms with Gasteiger partial charge in [-0.15, -0.1) is 0 Å². The van der Waals surface area contributed by atoms with Crippen molar-refractivity contribution in [1.29, 1.82) is 0 Å². The lowest BCUT2D eigenvalue weighted by molar-refractivity contribution is 0.0876. The number of amides is 1. The Balaban J connectivity index is 1.25. The second-order valence-electron chi connectivity index (χ2n) is 10.8. The Bertz CT molecular complexity index is 1140. The maximum Gasteiger partial charge on any atom is 0.268 e. The van der Waals surface area contributed by atoms with Gasteiger partial charge >= 0.3 is 0 Å². The van der Waals surface area contributed by atoms with Gasteiger partial charge in [-0.05, 0) is 31.2 Å². The van der Waals surface area contributed by atoms with Crippen LogP contribution < -0.4 is 10.6 Å². The van der Waals surface area contributed by atoms with Gasteiger partial charge in [-0.2, -0.15) is 4.98 Å². The lowest BCUT2D eigenvalue weighted by atomic mass is 9.94. The molecule has 1 amide bonds. The minimum atomic E-state index is -0.0617. The van der Waals surface area contributed by atoms with Gasteiger partial charge in [-0.25, -0.2) is 4.98 Å². The summed E-state index contributed by atoms with van der Waals surface area (Å²) in [6, 6.07) is 1.93. The molecule has 9 heteroatoms. The number of carbonyl (C=O) groups is 1. The zero-order valence-electron chi connectivity index (χ0n) is 22.0. The molecule has 36 heavy (non-hydrogen) atoms. The molecule has 2 aromatic heterocycles. The Kier molecular flexibility index (Phi) is 7.27. The van der Waals surface area contributed by atoms with Crippen LogP contribution >= 0.6 is 0 Å². The van der Waals surface area contributed by atoms with Crippen LogP contribution in [0, 0.1) is 5.92 Å². The van der Waals surface area contributed by atoms with Crippen molar-refractivity contribution in [2.45, 2.75) is 58.4 Å². The first kappa shape index (κ1) is 24.7. The van der Waals surface area contributed by atoms with Crippen molar-refractivity contribution in [1.82, 2.24) is 29.7 Å². The number of piperazine rings is 1. The molecule has 1 saturated heterocycles. The number of carbonyl (C=O) groups excluding carboxylic acids is 1. The second kappa shape index (κ2) is 10.6. The highest BCUT2D eigenvalue weighted by atomic mass is 16.2. The van der Waals surface area contributed by atoms with E-state index in [0.29, 0.717) is 30.8 Å². The van der Waals surface area contributed by atoms with Crippen molar-refractivity contribution in [3.05, 3.63) is 29.7 Å². The van der Waals surface area contributed by atoms with Crippen LogP contribution in [0.25, 0.3) is 11.0 Å². The summed E-state index contributed by atoms with van der Waals surface area (Å²) >= 11 is 0. The topological polar surface area (TPSA) is 90.7 Å². The molecule has 194 valence electrons. The number of hydrogen-bond donors (Lipinski definition) is 2. The number of aromatic nitrogens is 3. The number of hydrogen-bond acceptors (Lipinski definition) is 7. The summed E-state index contributed by atoms with van der Waals surface area (Å²) in [7, 11) is 0. The van der Waals surface area contributed by atoms with E-state index in [4.69, 9.17) is 4.98 Å². The fourth-order valence-corrected chi connectivity index (χ4v) is 6.00. The van der Waals surface area contributed by atoms with Crippen LogP contribution in [0.3, 0.4) is 0 Å². The maximum absolute atomic E-state index is 12.6. The quantitative estimate of drug-likeness (QED) is 0.549. The molecule has 0 aromatic carbocycles. The number of fused-ring (bicyclic) bond motifs is 4. The standard InChI is InChI=1S/C27H40N8O/c1-4-7-22(34-12-10-33(11-13-34)17-20(2)3)16-28-19-31-26-29-15-21-14-23-25(36)30-18-27(8-5-6-9-27)35(23)24(21)32-26/h7,14-16,20H,4-6,8-13,17-19H2,1-3H3,(H,30,36)(H,29,31,32)/b22-7+,28-16-. The lowest BCUT2D eigenvalue weighted by Crippen LogP contribution is -2.50. The van der Waals surface area contributed by atoms with Crippen molar-refractivity contribution in [2.75, 3.05) is 51.3 Å². The van der Waals surface area contributed by atoms with Crippen molar-refractivity contribution < 1.29 is 4.79 Å². The van der Waals surface area contributed by atoms with E-state index in [9.17, 15) is 4.79 Å². The summed E-state index contributed by atoms with van der Waals surface area (Å²) in [6.07, 6.45) is 11.5. The molecule has 4 heterocycles. The van der Waals surface area contributed by atoms with E-state index in [1.165, 1.54) is 25.1 Å². The first-order chi connectivity index (χ1) is 17.5. The van der Waals surface area contributed by atoms with E-state index in [1.54, 1.807) is 0 Å². The number of aliphatic imine (C=N–C) groups is 1. The zero-order chi connectivity index (χ0) is 25.1. The average molecular weight is 493 g/mol. The molecule has 3 aliphatic rings. The molecule has 1 aliphatic carbocycles. The molecule has 2 aliphatic heterocycles. The molecular weight excluding hydrogens is 452 g/mol. The van der Waals surface area contributed by atoms with E-state index in [0.717, 1.165) is 56.5 Å². The third-order valence-electron chi connectivity index (χ3n) is 7.69. The van der Waals surface area contributed by atoms with E-state index >= 15 is 0 Å². The minimum Gasteiger partial charge on any atom is -0.368 e. The highest BCUT2D eigenvalue weighted by Crippen LogP contribution is 2.41. The summed E-state index contributed by atoms with van der Waals surface area (Å²) < 4.78 is 2.19. The van der Waals surface area contributed by atoms with Crippen LogP contribution in [-0.4, -0.2) is 82.4 Å². The Morgan fingerprint density at radius 1 is 1.25 bits per heavy atom. The highest BCUT2D eigenvalue weighted by Gasteiger charge is 2.42. The van der Waals surface area contributed by atoms with Crippen molar-refractivity contribution in [3.8, 4) is 0 Å². The van der Waals surface area contributed by atoms with Gasteiger partial charge in [0.25, 0.3) is 5.91 Å². The smallest absolute Gasteiger partial charge is 0.268 e. The largest absolute Gasteiger partial charge is 0.368 e. The van der Waals surface area contributed by atoms with E-state index < -0.39 is 0 Å². The molecule has 2 aromatic rings. The predicted octanol–water partition coefficient (Wildman–Crippen LogP) is 3.45. The molecule has 0 unspecified atom stereocenters. The van der Waals surface area contributed by atoms with E-state index in [1.807, 2.05) is 18.5 Å². The molecule has 1 spiro atoms. The SMILES string of the molecule is CC/C=C(\C=N/CNc1ncc2cc3n(c2n1)C1(CCCC1)CNC3=O)N1CCN(CC(C)C)CC1. The number of nitrogens with one attached hydrogen (secondary N) is 2. The second-order valence-corrected chi connectivity index (χ2v) is 10.8. The van der Waals surface area contributed by atoms with Crippen LogP contribution in [0.2, 0.25) is 0 Å². The van der Waals surface area contributed by atoms with Gasteiger partial charge < -0.3 is 20.1 Å². The zero-order valence-corrected chi connectivity index (χ0v) is 22.0. The summed E-state index contributed by atoms with van der Waals surface area (Å²) in [5.41, 5.74) is 2.67. The molecule has 2 N–H and O–H groups in total. The molecule has 0 radical (unpaired) electrons. The number of allylic oxidation sites excluding steroid dienone is 2. The fourth-order valence-electron chi connectivity index (χ4n) is 6.00. The van der Waals surface area contributed by atoms with Gasteiger partial charge in [0.05, 0.1) is 11.2 Å². The predicted molar refractivity (Wildman–Crippen MR) is 145 cm³/mol. The van der Waals surface area contributed by atoms with E-state index in [2.05, 4.69) is 61.8 Å². The lowest BCUT2D eigenvalue weighted by Gasteiger charge is -2.37. The van der Waals surface area contributed by atoms with Gasteiger partial charge in [0, 0.05) is 57.1 Å². The van der Waals surface area contributed by atoms with Crippen LogP contribution in [0.15, 0.2) is 29.0 Å². The van der Waals surface area contributed by atoms with Gasteiger partial charge in [-0.1, -0.05) is 39.7 Å². The number of anilines is 1. The molecule has 2 fully saturated rings. The molecule has 1 saturated carbocycles. The summed E-state index contributed by atoms with van der Waals surface area (Å²) in [5.74, 6) is 1.22. The summed E-state index contributed by atoms with van der Waals surface area (Å²) in [6.45, 7) is 13.2. The highest BCUT2D eigenvalue weighted by molar-refractivity contribution is 5.99. The average Bonchev–Trinajstić information content (AvgIpc) is 3.49. The molecular formula is C27H40N8O. The Hall–Kier alpha value is -2.94. The maximum atomic E-state index is 12.6. The Morgan fingerprint density at radius 2 is 2.03 bits per heavy atom. The van der Waals surface area contributed by atoms with Gasteiger partial charge in [0.2, 0.25) is 5.95 Å². The third-order valence-corrected chi connectivity index (χ3v) is 7.69. The molecule has 9 nitrogen and oxygen atoms in total. The molecule has 5 rings (SSSR count). The van der Waals surface area contributed by atoms with Crippen molar-refractivity contribution in [2.24, 2.45) is 10.9 Å². The number of nitrogens with zero attached hydrogens (tertiary/aromatic N) is 6.